The number of nitrogens with one attached hydrogen (secondary N) is 1. The van der Waals surface area contributed by atoms with Gasteiger partial charge in [-0.25, -0.2) is 0 Å². The molecule has 2 N–H and O–H groups in total. The SMILES string of the molecule is CC12CCC3c4ccc5[nH]ncc5c4CCC3C1CCC2O.FC(F)F. The van der Waals surface area contributed by atoms with Crippen LogP contribution in [0, 0.1) is 17.3 Å². The van der Waals surface area contributed by atoms with E-state index in [0.717, 1.165) is 18.3 Å². The Hall–Kier alpha value is -1.56. The second-order valence-electron chi connectivity index (χ2n) is 8.27. The van der Waals surface area contributed by atoms with Crippen LogP contribution in [0.15, 0.2) is 18.3 Å². The molecule has 2 aromatic rings. The molecule has 0 amide bonds. The summed E-state index contributed by atoms with van der Waals surface area (Å²) in [5.41, 5.74) is 4.47. The van der Waals surface area contributed by atoms with Crippen LogP contribution in [-0.2, 0) is 6.42 Å². The minimum Gasteiger partial charge on any atom is -0.393 e. The lowest BCUT2D eigenvalue weighted by Gasteiger charge is -2.50. The van der Waals surface area contributed by atoms with E-state index < -0.39 is 6.68 Å². The molecule has 0 saturated heterocycles. The summed E-state index contributed by atoms with van der Waals surface area (Å²) in [5.74, 6) is 2.19. The van der Waals surface area contributed by atoms with Crippen LogP contribution in [-0.4, -0.2) is 28.1 Å². The van der Waals surface area contributed by atoms with Crippen LogP contribution in [0.5, 0.6) is 0 Å². The summed E-state index contributed by atoms with van der Waals surface area (Å²) in [5, 5.41) is 19.1. The molecule has 1 aromatic heterocycles. The van der Waals surface area contributed by atoms with Crippen molar-refractivity contribution in [2.75, 3.05) is 0 Å². The highest BCUT2D eigenvalue weighted by Crippen LogP contribution is 2.61. The number of fused-ring (bicyclic) bond motifs is 7. The number of hydrogen-bond acceptors (Lipinski definition) is 2. The van der Waals surface area contributed by atoms with E-state index in [4.69, 9.17) is 0 Å². The Kier molecular flexibility index (Phi) is 4.49. The summed E-state index contributed by atoms with van der Waals surface area (Å²) < 4.78 is 29.0. The van der Waals surface area contributed by atoms with Gasteiger partial charge in [0.05, 0.1) is 17.8 Å². The zero-order valence-electron chi connectivity index (χ0n) is 14.9. The highest BCUT2D eigenvalue weighted by Gasteiger charge is 2.54. The van der Waals surface area contributed by atoms with E-state index in [1.54, 1.807) is 5.56 Å². The maximum Gasteiger partial charge on any atom is 0.379 e. The summed E-state index contributed by atoms with van der Waals surface area (Å²) in [6, 6.07) is 4.56. The molecular weight excluding hydrogens is 341 g/mol. The fourth-order valence-electron chi connectivity index (χ4n) is 6.08. The van der Waals surface area contributed by atoms with Gasteiger partial charge in [0, 0.05) is 5.39 Å². The molecule has 6 heteroatoms. The zero-order valence-corrected chi connectivity index (χ0v) is 14.9. The lowest BCUT2D eigenvalue weighted by atomic mass is 9.55. The highest BCUT2D eigenvalue weighted by molar-refractivity contribution is 5.83. The van der Waals surface area contributed by atoms with Crippen LogP contribution in [0.4, 0.5) is 13.2 Å². The monoisotopic (exact) mass is 366 g/mol. The Morgan fingerprint density at radius 1 is 1.19 bits per heavy atom. The number of nitrogens with zero attached hydrogens (tertiary/aromatic N) is 1. The molecule has 142 valence electrons. The van der Waals surface area contributed by atoms with Crippen molar-refractivity contribution in [1.29, 1.82) is 0 Å². The molecule has 0 aliphatic heterocycles. The normalized spacial score (nSPS) is 35.5. The Balaban J connectivity index is 0.000000385. The van der Waals surface area contributed by atoms with Crippen LogP contribution in [0.3, 0.4) is 0 Å². The number of halogens is 3. The van der Waals surface area contributed by atoms with Crippen LogP contribution in [0.1, 0.15) is 56.1 Å². The van der Waals surface area contributed by atoms with Gasteiger partial charge in [0.25, 0.3) is 0 Å². The van der Waals surface area contributed by atoms with E-state index in [9.17, 15) is 18.3 Å². The number of aliphatic hydroxyl groups excluding tert-OH is 1. The van der Waals surface area contributed by atoms with Gasteiger partial charge in [-0.1, -0.05) is 13.0 Å². The zero-order chi connectivity index (χ0) is 18.5. The Morgan fingerprint density at radius 2 is 1.96 bits per heavy atom. The average molecular weight is 366 g/mol. The predicted molar refractivity (Wildman–Crippen MR) is 93.8 cm³/mol. The number of alkyl halides is 3. The van der Waals surface area contributed by atoms with Gasteiger partial charge >= 0.3 is 6.68 Å². The molecule has 2 fully saturated rings. The molecule has 0 radical (unpaired) electrons. The second kappa shape index (κ2) is 6.55. The van der Waals surface area contributed by atoms with E-state index in [1.807, 2.05) is 6.20 Å². The fraction of sp³-hybridized carbons (Fsp3) is 0.650. The van der Waals surface area contributed by atoms with Crippen molar-refractivity contribution in [1.82, 2.24) is 10.2 Å². The average Bonchev–Trinajstić information content (AvgIpc) is 3.19. The summed E-state index contributed by atoms with van der Waals surface area (Å²) in [7, 11) is 0. The quantitative estimate of drug-likeness (QED) is 0.692. The smallest absolute Gasteiger partial charge is 0.379 e. The minimum atomic E-state index is -3.67. The first-order chi connectivity index (χ1) is 12.4. The summed E-state index contributed by atoms with van der Waals surface area (Å²) in [4.78, 5) is 0. The van der Waals surface area contributed by atoms with Gasteiger partial charge in [0.2, 0.25) is 0 Å². The first kappa shape index (κ1) is 17.8. The molecule has 5 atom stereocenters. The van der Waals surface area contributed by atoms with Gasteiger partial charge in [-0.2, -0.15) is 18.3 Å². The number of aromatic amines is 1. The van der Waals surface area contributed by atoms with Crippen molar-refractivity contribution in [3.05, 3.63) is 29.5 Å². The van der Waals surface area contributed by atoms with Crippen LogP contribution in [0.25, 0.3) is 10.9 Å². The number of rotatable bonds is 0. The number of hydrogen-bond donors (Lipinski definition) is 2. The molecule has 1 heterocycles. The lowest BCUT2D eigenvalue weighted by Crippen LogP contribution is -2.43. The third-order valence-corrected chi connectivity index (χ3v) is 7.29. The van der Waals surface area contributed by atoms with Crippen LogP contribution >= 0.6 is 0 Å². The van der Waals surface area contributed by atoms with Crippen molar-refractivity contribution in [2.24, 2.45) is 17.3 Å². The highest BCUT2D eigenvalue weighted by atomic mass is 19.4. The number of aromatic nitrogens is 2. The molecule has 0 spiro atoms. The van der Waals surface area contributed by atoms with E-state index in [2.05, 4.69) is 29.3 Å². The van der Waals surface area contributed by atoms with E-state index in [-0.39, 0.29) is 11.5 Å². The maximum absolute atomic E-state index is 10.5. The van der Waals surface area contributed by atoms with Gasteiger partial charge in [-0.05, 0) is 78.9 Å². The van der Waals surface area contributed by atoms with Crippen molar-refractivity contribution >= 4 is 10.9 Å². The first-order valence-corrected chi connectivity index (χ1v) is 9.47. The second-order valence-corrected chi connectivity index (χ2v) is 8.27. The minimum absolute atomic E-state index is 0.0730. The largest absolute Gasteiger partial charge is 0.393 e. The van der Waals surface area contributed by atoms with Crippen LogP contribution < -0.4 is 0 Å². The summed E-state index contributed by atoms with van der Waals surface area (Å²) >= 11 is 0. The van der Waals surface area contributed by atoms with Crippen molar-refractivity contribution < 1.29 is 18.3 Å². The molecule has 5 rings (SSSR count). The van der Waals surface area contributed by atoms with Crippen molar-refractivity contribution in [3.63, 3.8) is 0 Å². The Bertz CT molecular complexity index is 790. The predicted octanol–water partition coefficient (Wildman–Crippen LogP) is 4.96. The summed E-state index contributed by atoms with van der Waals surface area (Å²) in [6.45, 7) is -1.32. The number of aliphatic hydroxyl groups is 1. The van der Waals surface area contributed by atoms with E-state index in [1.165, 1.54) is 48.6 Å². The van der Waals surface area contributed by atoms with Gasteiger partial charge in [0.15, 0.2) is 0 Å². The number of benzene rings is 1. The Labute approximate surface area is 151 Å². The molecule has 26 heavy (non-hydrogen) atoms. The van der Waals surface area contributed by atoms with Gasteiger partial charge < -0.3 is 5.11 Å². The standard InChI is InChI=1S/C19H24N2O.CHF3/c1-19-9-8-13-11-4-6-17-15(10-20-21-17)12(11)2-3-14(13)16(19)5-7-18(19)22;2-1(3)4/h4,6,10,13-14,16,18,22H,2-3,5,7-9H2,1H3,(H,20,21);1H. The topological polar surface area (TPSA) is 48.9 Å². The fourth-order valence-corrected chi connectivity index (χ4v) is 6.08. The van der Waals surface area contributed by atoms with Gasteiger partial charge in [0.1, 0.15) is 0 Å². The third-order valence-electron chi connectivity index (χ3n) is 7.29. The van der Waals surface area contributed by atoms with Gasteiger partial charge in [-0.3, -0.25) is 5.10 Å². The lowest BCUT2D eigenvalue weighted by molar-refractivity contribution is -0.0225. The summed E-state index contributed by atoms with van der Waals surface area (Å²) in [6.07, 6.45) is 9.05. The number of H-pyrrole nitrogens is 1. The molecular formula is C20H25F3N2O. The van der Waals surface area contributed by atoms with Crippen molar-refractivity contribution in [2.45, 2.75) is 64.1 Å². The first-order valence-electron chi connectivity index (χ1n) is 9.47. The molecule has 3 aliphatic rings. The van der Waals surface area contributed by atoms with Crippen LogP contribution in [0.2, 0.25) is 0 Å². The molecule has 5 unspecified atom stereocenters. The third kappa shape index (κ3) is 2.73. The molecule has 2 saturated carbocycles. The molecule has 0 bridgehead atoms. The van der Waals surface area contributed by atoms with E-state index >= 15 is 0 Å². The number of aryl methyl sites for hydroxylation is 1. The van der Waals surface area contributed by atoms with Crippen molar-refractivity contribution in [3.8, 4) is 0 Å². The molecule has 3 aliphatic carbocycles. The molecule has 1 aromatic carbocycles. The Morgan fingerprint density at radius 3 is 2.73 bits per heavy atom. The van der Waals surface area contributed by atoms with E-state index in [0.29, 0.717) is 5.92 Å². The molecule has 3 nitrogen and oxygen atoms in total. The maximum atomic E-state index is 10.5. The van der Waals surface area contributed by atoms with Gasteiger partial charge in [-0.15, -0.1) is 0 Å².